The lowest BCUT2D eigenvalue weighted by Gasteiger charge is -2.14. The van der Waals surface area contributed by atoms with Crippen LogP contribution in [0.4, 0.5) is 0 Å². The Morgan fingerprint density at radius 1 is 1.25 bits per heavy atom. The molecule has 0 heterocycles. The summed E-state index contributed by atoms with van der Waals surface area (Å²) in [6.45, 7) is 3.72. The van der Waals surface area contributed by atoms with Gasteiger partial charge < -0.3 is 9.63 Å². The molecule has 0 spiro atoms. The van der Waals surface area contributed by atoms with Gasteiger partial charge in [0.15, 0.2) is 5.75 Å². The molecule has 0 aromatic heterocycles. The zero-order valence-electron chi connectivity index (χ0n) is 11.0. The van der Waals surface area contributed by atoms with Crippen molar-refractivity contribution in [2.75, 3.05) is 13.2 Å². The molecular weight excluding hydrogens is 326 g/mol. The molecule has 20 heavy (non-hydrogen) atoms. The first-order valence-corrected chi connectivity index (χ1v) is 8.06. The van der Waals surface area contributed by atoms with E-state index in [1.165, 1.54) is 12.1 Å². The van der Waals surface area contributed by atoms with Crippen molar-refractivity contribution >= 4 is 37.1 Å². The van der Waals surface area contributed by atoms with Gasteiger partial charge in [0.05, 0.1) is 29.5 Å². The molecule has 1 N–H and O–H groups in total. The van der Waals surface area contributed by atoms with Crippen LogP contribution in [0.25, 0.3) is 6.08 Å². The van der Waals surface area contributed by atoms with E-state index in [1.807, 2.05) is 0 Å². The van der Waals surface area contributed by atoms with Crippen LogP contribution in [0.5, 0.6) is 5.75 Å². The first-order valence-electron chi connectivity index (χ1n) is 5.84. The van der Waals surface area contributed by atoms with E-state index in [4.69, 9.17) is 36.8 Å². The minimum Gasteiger partial charge on any atom is -0.505 e. The average molecular weight is 341 g/mol. The quantitative estimate of drug-likeness (QED) is 0.566. The van der Waals surface area contributed by atoms with E-state index in [0.29, 0.717) is 5.56 Å². The summed E-state index contributed by atoms with van der Waals surface area (Å²) in [5.41, 5.74) is 0.452. The number of hydrogen-bond acceptors (Lipinski definition) is 5. The highest BCUT2D eigenvalue weighted by Gasteiger charge is 2.25. The summed E-state index contributed by atoms with van der Waals surface area (Å²) in [7, 11) is -3.61. The van der Waals surface area contributed by atoms with E-state index in [-0.39, 0.29) is 29.0 Å². The molecule has 0 atom stereocenters. The van der Waals surface area contributed by atoms with Crippen LogP contribution in [0.1, 0.15) is 19.4 Å². The molecule has 0 aliphatic carbocycles. The second-order valence-electron chi connectivity index (χ2n) is 3.49. The van der Waals surface area contributed by atoms with Crippen LogP contribution in [0.3, 0.4) is 0 Å². The van der Waals surface area contributed by atoms with Gasteiger partial charge in [-0.25, -0.2) is 4.57 Å². The van der Waals surface area contributed by atoms with Gasteiger partial charge in [-0.05, 0) is 31.6 Å². The van der Waals surface area contributed by atoms with Gasteiger partial charge in [0.25, 0.3) is 0 Å². The van der Waals surface area contributed by atoms with Crippen molar-refractivity contribution in [2.24, 2.45) is 0 Å². The fraction of sp³-hybridized carbons (Fsp3) is 0.333. The summed E-state index contributed by atoms with van der Waals surface area (Å²) < 4.78 is 26.9. The van der Waals surface area contributed by atoms with Crippen molar-refractivity contribution in [3.8, 4) is 5.75 Å². The number of rotatable bonds is 7. The first-order chi connectivity index (χ1) is 9.43. The molecule has 5 nitrogen and oxygen atoms in total. The van der Waals surface area contributed by atoms with E-state index >= 15 is 0 Å². The van der Waals surface area contributed by atoms with Gasteiger partial charge in [-0.3, -0.25) is 9.05 Å². The van der Waals surface area contributed by atoms with Crippen molar-refractivity contribution in [1.29, 1.82) is 0 Å². The average Bonchev–Trinajstić information content (AvgIpc) is 2.39. The lowest BCUT2D eigenvalue weighted by atomic mass is 10.2. The molecule has 1 aromatic carbocycles. The highest BCUT2D eigenvalue weighted by Crippen LogP contribution is 2.49. The normalized spacial score (nSPS) is 12.0. The number of hydrogen-bond donors (Lipinski definition) is 1. The van der Waals surface area contributed by atoms with Gasteiger partial charge in [0.2, 0.25) is 0 Å². The van der Waals surface area contributed by atoms with Crippen LogP contribution in [0.15, 0.2) is 18.4 Å². The van der Waals surface area contributed by atoms with E-state index in [2.05, 4.69) is 0 Å². The molecule has 0 amide bonds. The maximum absolute atomic E-state index is 12.0. The number of aromatic hydroxyl groups is 1. The molecule has 0 aliphatic heterocycles. The van der Waals surface area contributed by atoms with Gasteiger partial charge in [0.1, 0.15) is 0 Å². The summed E-state index contributed by atoms with van der Waals surface area (Å²) >= 11 is 11.6. The van der Waals surface area contributed by atoms with Crippen LogP contribution < -0.4 is 0 Å². The maximum Gasteiger partial charge on any atom is 0.529 e. The van der Waals surface area contributed by atoms with Crippen LogP contribution >= 0.6 is 31.0 Å². The summed E-state index contributed by atoms with van der Waals surface area (Å²) in [4.78, 5) is 0. The number of phosphoric acid groups is 1. The van der Waals surface area contributed by atoms with E-state index in [1.54, 1.807) is 19.9 Å². The Balaban J connectivity index is 2.83. The molecule has 0 aliphatic rings. The molecule has 112 valence electrons. The number of halogens is 2. The minimum absolute atomic E-state index is 0.0694. The van der Waals surface area contributed by atoms with Gasteiger partial charge in [0, 0.05) is 0 Å². The van der Waals surface area contributed by atoms with E-state index < -0.39 is 7.82 Å². The molecule has 0 fully saturated rings. The van der Waals surface area contributed by atoms with Crippen molar-refractivity contribution in [3.05, 3.63) is 34.0 Å². The third-order valence-corrected chi connectivity index (χ3v) is 4.34. The Hall–Kier alpha value is -0.710. The summed E-state index contributed by atoms with van der Waals surface area (Å²) in [6, 6.07) is 3.06. The predicted octanol–water partition coefficient (Wildman–Crippen LogP) is 4.87. The standard InChI is InChI=1S/C12H15Cl2O5P/c1-3-17-20(16,18-4-2)19-8-7-9-5-6-10(13)12(15)11(9)14/h5-8,15H,3-4H2,1-2H3/b8-7+. The van der Waals surface area contributed by atoms with Crippen LogP contribution in [-0.2, 0) is 18.1 Å². The van der Waals surface area contributed by atoms with Crippen LogP contribution in [-0.4, -0.2) is 18.3 Å². The van der Waals surface area contributed by atoms with Crippen molar-refractivity contribution in [1.82, 2.24) is 0 Å². The molecular formula is C12H15Cl2O5P. The third kappa shape index (κ3) is 4.69. The summed E-state index contributed by atoms with van der Waals surface area (Å²) in [6.07, 6.45) is 2.56. The first kappa shape index (κ1) is 17.3. The van der Waals surface area contributed by atoms with Gasteiger partial charge in [-0.2, -0.15) is 0 Å². The monoisotopic (exact) mass is 340 g/mol. The molecule has 0 radical (unpaired) electrons. The molecule has 1 aromatic rings. The second-order valence-corrected chi connectivity index (χ2v) is 5.90. The highest BCUT2D eigenvalue weighted by molar-refractivity contribution is 7.48. The third-order valence-electron chi connectivity index (χ3n) is 2.11. The Bertz CT molecular complexity index is 523. The fourth-order valence-electron chi connectivity index (χ4n) is 1.28. The number of benzene rings is 1. The minimum atomic E-state index is -3.61. The molecule has 0 unspecified atom stereocenters. The van der Waals surface area contributed by atoms with E-state index in [9.17, 15) is 9.67 Å². The Morgan fingerprint density at radius 3 is 2.40 bits per heavy atom. The van der Waals surface area contributed by atoms with Crippen LogP contribution in [0.2, 0.25) is 10.0 Å². The zero-order valence-corrected chi connectivity index (χ0v) is 13.4. The zero-order chi connectivity index (χ0) is 15.2. The molecule has 1 rings (SSSR count). The lowest BCUT2D eigenvalue weighted by Crippen LogP contribution is -1.96. The van der Waals surface area contributed by atoms with Gasteiger partial charge in [-0.15, -0.1) is 0 Å². The predicted molar refractivity (Wildman–Crippen MR) is 79.1 cm³/mol. The van der Waals surface area contributed by atoms with Crippen molar-refractivity contribution < 1.29 is 23.2 Å². The topological polar surface area (TPSA) is 65.0 Å². The van der Waals surface area contributed by atoms with Gasteiger partial charge in [-0.1, -0.05) is 29.3 Å². The Kier molecular flexibility index (Phi) is 6.86. The SMILES string of the molecule is CCOP(=O)(O/C=C/c1ccc(Cl)c(O)c1Cl)OCC. The van der Waals surface area contributed by atoms with E-state index in [0.717, 1.165) is 6.26 Å². The van der Waals surface area contributed by atoms with Gasteiger partial charge >= 0.3 is 7.82 Å². The second kappa shape index (κ2) is 7.91. The fourth-order valence-corrected chi connectivity index (χ4v) is 2.75. The molecule has 0 saturated carbocycles. The largest absolute Gasteiger partial charge is 0.529 e. The van der Waals surface area contributed by atoms with Crippen LogP contribution in [0, 0.1) is 0 Å². The van der Waals surface area contributed by atoms with Crippen molar-refractivity contribution in [2.45, 2.75) is 13.8 Å². The molecule has 0 saturated heterocycles. The maximum atomic E-state index is 12.0. The summed E-state index contributed by atoms with van der Waals surface area (Å²) in [5.74, 6) is -0.228. The number of phenols is 1. The lowest BCUT2D eigenvalue weighted by molar-refractivity contribution is 0.154. The highest BCUT2D eigenvalue weighted by atomic mass is 35.5. The Morgan fingerprint density at radius 2 is 1.85 bits per heavy atom. The molecule has 8 heteroatoms. The smallest absolute Gasteiger partial charge is 0.505 e. The number of phenolic OH excluding ortho intramolecular Hbond substituents is 1. The Labute approximate surface area is 127 Å². The number of phosphoric ester groups is 1. The van der Waals surface area contributed by atoms with Crippen molar-refractivity contribution in [3.63, 3.8) is 0 Å². The molecule has 0 bridgehead atoms. The summed E-state index contributed by atoms with van der Waals surface area (Å²) in [5, 5.41) is 9.78.